The number of imidazole rings is 1. The van der Waals surface area contributed by atoms with Gasteiger partial charge in [0.2, 0.25) is 0 Å². The molecule has 31 heavy (non-hydrogen) atoms. The van der Waals surface area contributed by atoms with E-state index in [4.69, 9.17) is 28.9 Å². The molecule has 8 nitrogen and oxygen atoms in total. The number of amides is 1. The number of H-pyrrole nitrogens is 1. The van der Waals surface area contributed by atoms with Gasteiger partial charge in [0.25, 0.3) is 5.91 Å². The van der Waals surface area contributed by atoms with Crippen LogP contribution in [0, 0.1) is 0 Å². The summed E-state index contributed by atoms with van der Waals surface area (Å²) < 4.78 is 1.74. The first-order valence-corrected chi connectivity index (χ1v) is 10.3. The van der Waals surface area contributed by atoms with E-state index in [0.29, 0.717) is 50.9 Å². The number of nitrogens with zero attached hydrogens (tertiary/aromatic N) is 5. The molecule has 4 aromatic rings. The SMILES string of the molecule is C[C@H]1CN(c2ccc(Cl)c(Cl)c2)C(=O)c2c(-c3c[nH]c(-c4ccc(N)nc4)n3)cnn21. The summed E-state index contributed by atoms with van der Waals surface area (Å²) in [4.78, 5) is 27.0. The van der Waals surface area contributed by atoms with Gasteiger partial charge in [0.15, 0.2) is 0 Å². The molecule has 0 saturated heterocycles. The summed E-state index contributed by atoms with van der Waals surface area (Å²) >= 11 is 12.2. The maximum atomic E-state index is 13.5. The van der Waals surface area contributed by atoms with E-state index >= 15 is 0 Å². The van der Waals surface area contributed by atoms with Gasteiger partial charge in [0.1, 0.15) is 17.3 Å². The Hall–Kier alpha value is -3.36. The molecule has 0 saturated carbocycles. The molecule has 1 aliphatic rings. The third kappa shape index (κ3) is 3.34. The average molecular weight is 454 g/mol. The summed E-state index contributed by atoms with van der Waals surface area (Å²) in [5, 5.41) is 5.29. The van der Waals surface area contributed by atoms with E-state index in [0.717, 1.165) is 5.56 Å². The van der Waals surface area contributed by atoms with Crippen LogP contribution in [-0.2, 0) is 0 Å². The van der Waals surface area contributed by atoms with Crippen LogP contribution in [0.2, 0.25) is 10.0 Å². The monoisotopic (exact) mass is 453 g/mol. The molecular formula is C21H17Cl2N7O. The summed E-state index contributed by atoms with van der Waals surface area (Å²) in [6, 6.07) is 8.67. The standard InChI is InChI=1S/C21H17Cl2N7O/c1-11-10-29(13-3-4-15(22)16(23)6-13)21(31)19-14(8-27-30(11)19)17-9-26-20(28-17)12-2-5-18(24)25-7-12/h2-9,11H,10H2,1H3,(H2,24,25)(H,26,28)/t11-/m0/s1. The zero-order valence-electron chi connectivity index (χ0n) is 16.4. The minimum absolute atomic E-state index is 0.0318. The third-order valence-electron chi connectivity index (χ3n) is 5.24. The molecule has 1 atom stereocenters. The van der Waals surface area contributed by atoms with Crippen molar-refractivity contribution in [1.29, 1.82) is 0 Å². The lowest BCUT2D eigenvalue weighted by atomic mass is 10.1. The number of aromatic nitrogens is 5. The van der Waals surface area contributed by atoms with Crippen molar-refractivity contribution in [1.82, 2.24) is 24.7 Å². The van der Waals surface area contributed by atoms with E-state index in [1.54, 1.807) is 52.4 Å². The van der Waals surface area contributed by atoms with Crippen molar-refractivity contribution in [3.8, 4) is 22.6 Å². The Morgan fingerprint density at radius 1 is 1.16 bits per heavy atom. The van der Waals surface area contributed by atoms with Crippen molar-refractivity contribution < 1.29 is 4.79 Å². The number of pyridine rings is 1. The summed E-state index contributed by atoms with van der Waals surface area (Å²) in [7, 11) is 0. The normalized spacial score (nSPS) is 15.9. The zero-order chi connectivity index (χ0) is 21.7. The van der Waals surface area contributed by atoms with Crippen molar-refractivity contribution in [2.24, 2.45) is 0 Å². The minimum atomic E-state index is -0.178. The topological polar surface area (TPSA) is 106 Å². The predicted molar refractivity (Wildman–Crippen MR) is 120 cm³/mol. The average Bonchev–Trinajstić information content (AvgIpc) is 3.41. The number of rotatable bonds is 3. The van der Waals surface area contributed by atoms with Gasteiger partial charge in [-0.15, -0.1) is 0 Å². The van der Waals surface area contributed by atoms with E-state index in [1.807, 2.05) is 13.0 Å². The number of benzene rings is 1. The number of hydrogen-bond donors (Lipinski definition) is 2. The second-order valence-electron chi connectivity index (χ2n) is 7.32. The second kappa shape index (κ2) is 7.40. The molecule has 4 heterocycles. The molecule has 0 radical (unpaired) electrons. The number of fused-ring (bicyclic) bond motifs is 1. The van der Waals surface area contributed by atoms with Crippen LogP contribution in [0.25, 0.3) is 22.6 Å². The Balaban J connectivity index is 1.54. The van der Waals surface area contributed by atoms with E-state index in [-0.39, 0.29) is 11.9 Å². The molecule has 10 heteroatoms. The Bertz CT molecular complexity index is 1300. The van der Waals surface area contributed by atoms with Crippen LogP contribution in [0.4, 0.5) is 11.5 Å². The Labute approximate surface area is 187 Å². The fraction of sp³-hybridized carbons (Fsp3) is 0.143. The van der Waals surface area contributed by atoms with Crippen LogP contribution in [-0.4, -0.2) is 37.2 Å². The molecule has 1 aromatic carbocycles. The Kier molecular flexibility index (Phi) is 4.68. The smallest absolute Gasteiger partial charge is 0.277 e. The van der Waals surface area contributed by atoms with Gasteiger partial charge in [0.05, 0.1) is 33.5 Å². The van der Waals surface area contributed by atoms with Gasteiger partial charge in [-0.05, 0) is 37.3 Å². The highest BCUT2D eigenvalue weighted by molar-refractivity contribution is 6.42. The van der Waals surface area contributed by atoms with Crippen LogP contribution in [0.3, 0.4) is 0 Å². The van der Waals surface area contributed by atoms with Crippen LogP contribution in [0.15, 0.2) is 48.9 Å². The first-order chi connectivity index (χ1) is 14.9. The molecule has 1 amide bonds. The highest BCUT2D eigenvalue weighted by Crippen LogP contribution is 2.34. The summed E-state index contributed by atoms with van der Waals surface area (Å²) in [5.74, 6) is 0.881. The zero-order valence-corrected chi connectivity index (χ0v) is 17.9. The van der Waals surface area contributed by atoms with Crippen molar-refractivity contribution in [3.63, 3.8) is 0 Å². The number of nitrogens with one attached hydrogen (secondary N) is 1. The van der Waals surface area contributed by atoms with Gasteiger partial charge in [-0.1, -0.05) is 23.2 Å². The first-order valence-electron chi connectivity index (χ1n) is 9.54. The molecular weight excluding hydrogens is 437 g/mol. The van der Waals surface area contributed by atoms with Gasteiger partial charge >= 0.3 is 0 Å². The Morgan fingerprint density at radius 3 is 2.74 bits per heavy atom. The van der Waals surface area contributed by atoms with Gasteiger partial charge in [-0.2, -0.15) is 5.10 Å². The van der Waals surface area contributed by atoms with Crippen molar-refractivity contribution >= 4 is 40.6 Å². The van der Waals surface area contributed by atoms with Crippen LogP contribution < -0.4 is 10.6 Å². The number of halogens is 2. The number of aromatic amines is 1. The highest BCUT2D eigenvalue weighted by atomic mass is 35.5. The largest absolute Gasteiger partial charge is 0.384 e. The molecule has 0 unspecified atom stereocenters. The van der Waals surface area contributed by atoms with Crippen molar-refractivity contribution in [2.75, 3.05) is 17.2 Å². The van der Waals surface area contributed by atoms with Gasteiger partial charge in [-0.3, -0.25) is 9.48 Å². The molecule has 0 aliphatic carbocycles. The van der Waals surface area contributed by atoms with Crippen LogP contribution in [0.5, 0.6) is 0 Å². The Morgan fingerprint density at radius 2 is 2.00 bits per heavy atom. The molecule has 156 valence electrons. The first kappa shape index (κ1) is 19.6. The number of hydrogen-bond acceptors (Lipinski definition) is 5. The quantitative estimate of drug-likeness (QED) is 0.476. The molecule has 1 aliphatic heterocycles. The maximum Gasteiger partial charge on any atom is 0.277 e. The summed E-state index contributed by atoms with van der Waals surface area (Å²) in [6.45, 7) is 2.47. The third-order valence-corrected chi connectivity index (χ3v) is 5.97. The van der Waals surface area contributed by atoms with Crippen molar-refractivity contribution in [3.05, 3.63) is 64.7 Å². The molecule has 0 spiro atoms. The predicted octanol–water partition coefficient (Wildman–Crippen LogP) is 4.45. The van der Waals surface area contributed by atoms with E-state index in [1.165, 1.54) is 0 Å². The number of anilines is 2. The molecule has 0 fully saturated rings. The van der Waals surface area contributed by atoms with Crippen LogP contribution in [0.1, 0.15) is 23.5 Å². The number of carbonyl (C=O) groups excluding carboxylic acids is 1. The van der Waals surface area contributed by atoms with E-state index in [2.05, 4.69) is 20.1 Å². The fourth-order valence-electron chi connectivity index (χ4n) is 3.68. The van der Waals surface area contributed by atoms with Crippen molar-refractivity contribution in [2.45, 2.75) is 13.0 Å². The maximum absolute atomic E-state index is 13.5. The van der Waals surface area contributed by atoms with Gasteiger partial charge < -0.3 is 15.6 Å². The minimum Gasteiger partial charge on any atom is -0.384 e. The molecule has 3 aromatic heterocycles. The van der Waals surface area contributed by atoms with E-state index in [9.17, 15) is 4.79 Å². The summed E-state index contributed by atoms with van der Waals surface area (Å²) in [6.07, 6.45) is 5.06. The van der Waals surface area contributed by atoms with E-state index < -0.39 is 0 Å². The second-order valence-corrected chi connectivity index (χ2v) is 8.14. The number of nitrogen functional groups attached to an aromatic ring is 1. The van der Waals surface area contributed by atoms with Crippen LogP contribution >= 0.6 is 23.2 Å². The number of carbonyl (C=O) groups is 1. The molecule has 3 N–H and O–H groups in total. The van der Waals surface area contributed by atoms with Gasteiger partial charge in [-0.25, -0.2) is 9.97 Å². The lowest BCUT2D eigenvalue weighted by molar-refractivity contribution is 0.0954. The highest BCUT2D eigenvalue weighted by Gasteiger charge is 2.34. The lowest BCUT2D eigenvalue weighted by Gasteiger charge is -2.32. The number of nitrogens with two attached hydrogens (primary N) is 1. The summed E-state index contributed by atoms with van der Waals surface area (Å²) in [5.41, 5.74) is 8.86. The van der Waals surface area contributed by atoms with Gasteiger partial charge in [0, 0.05) is 30.2 Å². The lowest BCUT2D eigenvalue weighted by Crippen LogP contribution is -2.42. The molecule has 0 bridgehead atoms. The fourth-order valence-corrected chi connectivity index (χ4v) is 3.97. The molecule has 5 rings (SSSR count).